The molecule has 0 fully saturated rings. The van der Waals surface area contributed by atoms with E-state index in [-0.39, 0.29) is 10.1 Å². The fourth-order valence-electron chi connectivity index (χ4n) is 0.966. The van der Waals surface area contributed by atoms with Gasteiger partial charge in [-0.15, -0.1) is 0 Å². The van der Waals surface area contributed by atoms with E-state index in [1.165, 1.54) is 13.2 Å². The fraction of sp³-hybridized carbons (Fsp3) is 0.375. The van der Waals surface area contributed by atoms with Crippen LogP contribution in [0.25, 0.3) is 0 Å². The molecule has 1 heterocycles. The lowest BCUT2D eigenvalue weighted by atomic mass is 10.4. The molecule has 9 heteroatoms. The van der Waals surface area contributed by atoms with E-state index >= 15 is 0 Å². The van der Waals surface area contributed by atoms with Crippen molar-refractivity contribution in [1.29, 1.82) is 0 Å². The molecule has 0 bridgehead atoms. The number of hydrogen-bond donors (Lipinski definition) is 0. The highest BCUT2D eigenvalue weighted by atomic mass is 79.9. The zero-order valence-corrected chi connectivity index (χ0v) is 11.8. The highest BCUT2D eigenvalue weighted by molar-refractivity contribution is 9.11. The van der Waals surface area contributed by atoms with Crippen LogP contribution in [0, 0.1) is 0 Å². The van der Waals surface area contributed by atoms with Crippen molar-refractivity contribution in [3.05, 3.63) is 21.9 Å². The first kappa shape index (κ1) is 14.7. The van der Waals surface area contributed by atoms with Gasteiger partial charge in [-0.2, -0.15) is 8.78 Å². The second kappa shape index (κ2) is 5.96. The Balaban J connectivity index is 2.93. The van der Waals surface area contributed by atoms with Crippen molar-refractivity contribution in [1.82, 2.24) is 4.98 Å². The zero-order valence-electron chi connectivity index (χ0n) is 8.62. The predicted molar refractivity (Wildman–Crippen MR) is 64.4 cm³/mol. The summed E-state index contributed by atoms with van der Waals surface area (Å²) >= 11 is 4.23. The van der Waals surface area contributed by atoms with Crippen molar-refractivity contribution >= 4 is 37.0 Å². The van der Waals surface area contributed by atoms with Crippen LogP contribution in [0.15, 0.2) is 30.6 Å². The van der Waals surface area contributed by atoms with Gasteiger partial charge >= 0.3 is 6.08 Å². The Hall–Kier alpha value is -0.410. The predicted octanol–water partition coefficient (Wildman–Crippen LogP) is 3.83. The minimum Gasteiger partial charge on any atom is -0.242 e. The SMILES string of the molecule is CN=S(=O)(CCC(F)=C(F)F)c1ncc(Br)s1. The van der Waals surface area contributed by atoms with E-state index in [9.17, 15) is 17.4 Å². The Morgan fingerprint density at radius 3 is 2.65 bits per heavy atom. The molecule has 0 aliphatic heterocycles. The lowest BCUT2D eigenvalue weighted by Crippen LogP contribution is -2.06. The van der Waals surface area contributed by atoms with Gasteiger partial charge in [0, 0.05) is 19.2 Å². The molecule has 0 saturated heterocycles. The minimum atomic E-state index is -2.92. The molecule has 3 nitrogen and oxygen atoms in total. The molecule has 0 radical (unpaired) electrons. The highest BCUT2D eigenvalue weighted by Crippen LogP contribution is 2.26. The van der Waals surface area contributed by atoms with Crippen molar-refractivity contribution in [3.63, 3.8) is 0 Å². The van der Waals surface area contributed by atoms with Gasteiger partial charge in [0.05, 0.1) is 9.98 Å². The average Bonchev–Trinajstić information content (AvgIpc) is 2.72. The van der Waals surface area contributed by atoms with Crippen LogP contribution in [0.5, 0.6) is 0 Å². The Labute approximate surface area is 109 Å². The van der Waals surface area contributed by atoms with Gasteiger partial charge in [-0.05, 0) is 15.9 Å². The Kier molecular flexibility index (Phi) is 5.14. The van der Waals surface area contributed by atoms with Crippen LogP contribution >= 0.6 is 27.3 Å². The second-order valence-corrected chi connectivity index (χ2v) is 7.98. The number of rotatable bonds is 4. The quantitative estimate of drug-likeness (QED) is 0.829. The molecule has 0 aromatic carbocycles. The summed E-state index contributed by atoms with van der Waals surface area (Å²) in [6.07, 6.45) is -1.56. The topological polar surface area (TPSA) is 42.3 Å². The van der Waals surface area contributed by atoms with E-state index in [4.69, 9.17) is 0 Å². The maximum absolute atomic E-state index is 12.6. The van der Waals surface area contributed by atoms with Crippen molar-refractivity contribution in [2.75, 3.05) is 12.8 Å². The monoisotopic (exact) mass is 348 g/mol. The van der Waals surface area contributed by atoms with Crippen LogP contribution in [0.1, 0.15) is 6.42 Å². The lowest BCUT2D eigenvalue weighted by Gasteiger charge is -2.04. The Morgan fingerprint density at radius 2 is 2.24 bits per heavy atom. The number of nitrogens with zero attached hydrogens (tertiary/aromatic N) is 2. The maximum atomic E-state index is 12.6. The minimum absolute atomic E-state index is 0.207. The number of halogens is 4. The van der Waals surface area contributed by atoms with Gasteiger partial charge < -0.3 is 0 Å². The molecular weight excluding hydrogens is 341 g/mol. The van der Waals surface area contributed by atoms with E-state index in [0.717, 1.165) is 11.3 Å². The first-order chi connectivity index (χ1) is 7.89. The van der Waals surface area contributed by atoms with Crippen LogP contribution in [0.2, 0.25) is 0 Å². The summed E-state index contributed by atoms with van der Waals surface area (Å²) < 4.78 is 53.1. The third-order valence-electron chi connectivity index (χ3n) is 1.83. The molecule has 0 amide bonds. The molecular formula is C8H8BrF3N2OS2. The fourth-order valence-corrected chi connectivity index (χ4v) is 4.68. The standard InChI is InChI=1S/C8H8BrF3N2OS2/c1-13-17(15,3-2-5(10)7(11)12)8-14-4-6(9)16-8/h4H,2-3H2,1H3. The second-order valence-electron chi connectivity index (χ2n) is 2.87. The smallest absolute Gasteiger partial charge is 0.242 e. The lowest BCUT2D eigenvalue weighted by molar-refractivity contribution is 0.373. The Morgan fingerprint density at radius 1 is 1.59 bits per heavy atom. The van der Waals surface area contributed by atoms with E-state index in [1.54, 1.807) is 0 Å². The average molecular weight is 349 g/mol. The molecule has 0 spiro atoms. The number of thiazole rings is 1. The summed E-state index contributed by atoms with van der Waals surface area (Å²) in [6.45, 7) is 0. The zero-order chi connectivity index (χ0) is 13.1. The number of allylic oxidation sites excluding steroid dienone is 1. The van der Waals surface area contributed by atoms with Crippen LogP contribution in [0.3, 0.4) is 0 Å². The molecule has 0 aliphatic rings. The maximum Gasteiger partial charge on any atom is 0.301 e. The van der Waals surface area contributed by atoms with Crippen LogP contribution in [0.4, 0.5) is 13.2 Å². The molecule has 1 aromatic heterocycles. The molecule has 1 rings (SSSR count). The summed E-state index contributed by atoms with van der Waals surface area (Å²) in [6, 6.07) is 0. The van der Waals surface area contributed by atoms with Crippen molar-refractivity contribution < 1.29 is 17.4 Å². The third-order valence-corrected chi connectivity index (χ3v) is 6.13. The summed E-state index contributed by atoms with van der Waals surface area (Å²) in [5, 5.41) is 0. The molecule has 1 unspecified atom stereocenters. The van der Waals surface area contributed by atoms with Crippen molar-refractivity contribution in [2.45, 2.75) is 10.8 Å². The van der Waals surface area contributed by atoms with Gasteiger partial charge in [-0.3, -0.25) is 0 Å². The molecule has 0 N–H and O–H groups in total. The van der Waals surface area contributed by atoms with E-state index in [0.29, 0.717) is 3.79 Å². The van der Waals surface area contributed by atoms with Gasteiger partial charge in [0.1, 0.15) is 9.73 Å². The first-order valence-corrected chi connectivity index (χ1v) is 7.62. The van der Waals surface area contributed by atoms with Crippen molar-refractivity contribution in [3.8, 4) is 0 Å². The molecule has 0 saturated carbocycles. The van der Waals surface area contributed by atoms with Crippen LogP contribution < -0.4 is 0 Å². The van der Waals surface area contributed by atoms with Crippen LogP contribution in [-0.2, 0) is 9.73 Å². The molecule has 1 aromatic rings. The molecule has 96 valence electrons. The summed E-state index contributed by atoms with van der Waals surface area (Å²) in [7, 11) is -1.62. The van der Waals surface area contributed by atoms with Gasteiger partial charge in [0.25, 0.3) is 0 Å². The van der Waals surface area contributed by atoms with Gasteiger partial charge in [0.2, 0.25) is 0 Å². The molecule has 0 aliphatic carbocycles. The van der Waals surface area contributed by atoms with E-state index < -0.39 is 28.1 Å². The highest BCUT2D eigenvalue weighted by Gasteiger charge is 2.18. The molecule has 1 atom stereocenters. The summed E-state index contributed by atoms with van der Waals surface area (Å²) in [5.41, 5.74) is 0. The van der Waals surface area contributed by atoms with Crippen LogP contribution in [-0.4, -0.2) is 22.0 Å². The van der Waals surface area contributed by atoms with Gasteiger partial charge in [-0.25, -0.2) is 17.9 Å². The normalized spacial score (nSPS) is 14.2. The van der Waals surface area contributed by atoms with Gasteiger partial charge in [-0.1, -0.05) is 11.3 Å². The van der Waals surface area contributed by atoms with Crippen molar-refractivity contribution in [2.24, 2.45) is 4.36 Å². The van der Waals surface area contributed by atoms with E-state index in [1.807, 2.05) is 0 Å². The number of hydrogen-bond acceptors (Lipinski definition) is 4. The largest absolute Gasteiger partial charge is 0.301 e. The summed E-state index contributed by atoms with van der Waals surface area (Å²) in [4.78, 5) is 3.86. The Bertz CT molecular complexity index is 545. The number of aromatic nitrogens is 1. The van der Waals surface area contributed by atoms with E-state index in [2.05, 4.69) is 25.3 Å². The van der Waals surface area contributed by atoms with Gasteiger partial charge in [0.15, 0.2) is 10.2 Å². The first-order valence-electron chi connectivity index (χ1n) is 4.33. The summed E-state index contributed by atoms with van der Waals surface area (Å²) in [5.74, 6) is -1.87. The molecule has 17 heavy (non-hydrogen) atoms. The third kappa shape index (κ3) is 3.78.